The van der Waals surface area contributed by atoms with Crippen LogP contribution in [0, 0.1) is 0 Å². The third kappa shape index (κ3) is 36.0. The van der Waals surface area contributed by atoms with Gasteiger partial charge in [0, 0.05) is 45.3 Å². The van der Waals surface area contributed by atoms with Crippen molar-refractivity contribution in [2.45, 2.75) is 130 Å². The molecule has 0 aromatic rings. The zero-order valence-corrected chi connectivity index (χ0v) is 30.8. The van der Waals surface area contributed by atoms with Crippen molar-refractivity contribution in [3.05, 3.63) is 0 Å². The second-order valence-corrected chi connectivity index (χ2v) is 11.5. The Labute approximate surface area is 298 Å². The summed E-state index contributed by atoms with van der Waals surface area (Å²) in [6, 6.07) is -1.13. The van der Waals surface area contributed by atoms with Crippen LogP contribution in [-0.2, 0) is 43.0 Å². The first-order valence-corrected chi connectivity index (χ1v) is 18.4. The lowest BCUT2D eigenvalue weighted by Crippen LogP contribution is -2.41. The van der Waals surface area contributed by atoms with Gasteiger partial charge in [0.25, 0.3) is 0 Å². The van der Waals surface area contributed by atoms with Crippen LogP contribution in [0.25, 0.3) is 0 Å². The van der Waals surface area contributed by atoms with E-state index in [1.807, 2.05) is 13.8 Å². The monoisotopic (exact) mass is 718 g/mol. The van der Waals surface area contributed by atoms with Gasteiger partial charge in [0.1, 0.15) is 12.6 Å². The fourth-order valence-corrected chi connectivity index (χ4v) is 4.49. The Bertz CT molecular complexity index is 906. The second-order valence-electron chi connectivity index (χ2n) is 11.5. The van der Waals surface area contributed by atoms with Gasteiger partial charge in [-0.2, -0.15) is 0 Å². The SMILES string of the molecule is CC.CCC(=O)NCCOCCNC(=O)COCCOCCNC(=O)CCC(NC(=O)CCCCCCCCCCCCCC(=O)O)C(=O)O. The van der Waals surface area contributed by atoms with E-state index in [2.05, 4.69) is 21.3 Å². The number of nitrogens with one attached hydrogen (secondary N) is 4. The molecule has 0 saturated heterocycles. The molecule has 0 spiro atoms. The number of amides is 4. The summed E-state index contributed by atoms with van der Waals surface area (Å²) in [6.07, 6.45) is 11.9. The average molecular weight is 719 g/mol. The first-order chi connectivity index (χ1) is 24.1. The molecule has 15 heteroatoms. The lowest BCUT2D eigenvalue weighted by atomic mass is 10.0. The van der Waals surface area contributed by atoms with Crippen molar-refractivity contribution in [3.8, 4) is 0 Å². The number of aliphatic carboxylic acids is 2. The zero-order valence-electron chi connectivity index (χ0n) is 30.8. The topological polar surface area (TPSA) is 219 Å². The third-order valence-electron chi connectivity index (χ3n) is 7.22. The van der Waals surface area contributed by atoms with E-state index in [0.29, 0.717) is 39.1 Å². The van der Waals surface area contributed by atoms with Crippen LogP contribution < -0.4 is 21.3 Å². The molecule has 1 unspecified atom stereocenters. The maximum Gasteiger partial charge on any atom is 0.326 e. The number of ether oxygens (including phenoxy) is 3. The van der Waals surface area contributed by atoms with Gasteiger partial charge < -0.3 is 45.7 Å². The summed E-state index contributed by atoms with van der Waals surface area (Å²) in [6.45, 7) is 7.91. The van der Waals surface area contributed by atoms with Gasteiger partial charge in [0.05, 0.1) is 33.0 Å². The summed E-state index contributed by atoms with van der Waals surface area (Å²) >= 11 is 0. The van der Waals surface area contributed by atoms with E-state index in [1.165, 1.54) is 0 Å². The normalized spacial score (nSPS) is 11.1. The van der Waals surface area contributed by atoms with Gasteiger partial charge >= 0.3 is 11.9 Å². The second kappa shape index (κ2) is 37.0. The van der Waals surface area contributed by atoms with Crippen LogP contribution in [0.2, 0.25) is 0 Å². The van der Waals surface area contributed by atoms with Crippen LogP contribution in [0.3, 0.4) is 0 Å². The minimum Gasteiger partial charge on any atom is -0.481 e. The van der Waals surface area contributed by atoms with Gasteiger partial charge in [-0.25, -0.2) is 4.79 Å². The highest BCUT2D eigenvalue weighted by Crippen LogP contribution is 2.12. The Kier molecular flexibility index (Phi) is 36.1. The summed E-state index contributed by atoms with van der Waals surface area (Å²) < 4.78 is 15.9. The van der Waals surface area contributed by atoms with Crippen LogP contribution in [0.5, 0.6) is 0 Å². The molecule has 0 aliphatic carbocycles. The van der Waals surface area contributed by atoms with E-state index in [9.17, 15) is 33.9 Å². The summed E-state index contributed by atoms with van der Waals surface area (Å²) in [5.41, 5.74) is 0. The summed E-state index contributed by atoms with van der Waals surface area (Å²) in [5.74, 6) is -2.93. The predicted molar refractivity (Wildman–Crippen MR) is 190 cm³/mol. The molecule has 50 heavy (non-hydrogen) atoms. The first kappa shape index (κ1) is 48.8. The summed E-state index contributed by atoms with van der Waals surface area (Å²) in [5, 5.41) is 28.6. The van der Waals surface area contributed by atoms with Gasteiger partial charge in [-0.15, -0.1) is 0 Å². The lowest BCUT2D eigenvalue weighted by molar-refractivity contribution is -0.142. The molecule has 1 atom stereocenters. The van der Waals surface area contributed by atoms with E-state index in [-0.39, 0.29) is 82.3 Å². The Morgan fingerprint density at radius 1 is 0.520 bits per heavy atom. The van der Waals surface area contributed by atoms with Gasteiger partial charge in [-0.1, -0.05) is 78.6 Å². The predicted octanol–water partition coefficient (Wildman–Crippen LogP) is 3.33. The number of carbonyl (C=O) groups is 6. The highest BCUT2D eigenvalue weighted by Gasteiger charge is 2.20. The standard InChI is InChI=1S/C33H60N4O11.C2H6/c1-2-28(38)34-18-21-46-22-20-36-31(41)26-48-25-24-47-23-19-35-29(39)17-16-27(33(44)45)37-30(40)14-12-10-8-6-4-3-5-7-9-11-13-15-32(42)43;1-2/h27H,2-26H2,1H3,(H,34,38)(H,35,39)(H,36,41)(H,37,40)(H,42,43)(H,44,45);1-2H3. The van der Waals surface area contributed by atoms with Crippen molar-refractivity contribution < 1.29 is 53.2 Å². The molecule has 15 nitrogen and oxygen atoms in total. The highest BCUT2D eigenvalue weighted by molar-refractivity contribution is 5.84. The van der Waals surface area contributed by atoms with Crippen molar-refractivity contribution in [2.75, 3.05) is 59.3 Å². The van der Waals surface area contributed by atoms with Crippen LogP contribution in [0.1, 0.15) is 124 Å². The first-order valence-electron chi connectivity index (χ1n) is 18.4. The third-order valence-corrected chi connectivity index (χ3v) is 7.22. The number of unbranched alkanes of at least 4 members (excludes halogenated alkanes) is 10. The van der Waals surface area contributed by atoms with Gasteiger partial charge in [-0.3, -0.25) is 24.0 Å². The summed E-state index contributed by atoms with van der Waals surface area (Å²) in [4.78, 5) is 69.2. The molecule has 0 aromatic carbocycles. The largest absolute Gasteiger partial charge is 0.481 e. The number of carbonyl (C=O) groups excluding carboxylic acids is 4. The Hall–Kier alpha value is -3.30. The number of carboxylic acids is 2. The van der Waals surface area contributed by atoms with Crippen molar-refractivity contribution in [1.29, 1.82) is 0 Å². The molecule has 0 aliphatic rings. The van der Waals surface area contributed by atoms with Gasteiger partial charge in [0.2, 0.25) is 23.6 Å². The van der Waals surface area contributed by atoms with Gasteiger partial charge in [0.15, 0.2) is 0 Å². The Balaban J connectivity index is 0. The van der Waals surface area contributed by atoms with E-state index in [1.54, 1.807) is 6.92 Å². The molecule has 0 saturated carbocycles. The van der Waals surface area contributed by atoms with Crippen molar-refractivity contribution >= 4 is 35.6 Å². The lowest BCUT2D eigenvalue weighted by Gasteiger charge is -2.14. The number of rotatable bonds is 34. The molecular formula is C35H66N4O11. The van der Waals surface area contributed by atoms with Crippen LogP contribution in [-0.4, -0.2) is 111 Å². The Morgan fingerprint density at radius 2 is 0.960 bits per heavy atom. The molecule has 0 aromatic heterocycles. The molecule has 0 bridgehead atoms. The van der Waals surface area contributed by atoms with E-state index >= 15 is 0 Å². The van der Waals surface area contributed by atoms with Crippen molar-refractivity contribution in [2.24, 2.45) is 0 Å². The maximum atomic E-state index is 12.2. The van der Waals surface area contributed by atoms with Crippen LogP contribution in [0.15, 0.2) is 0 Å². The minimum atomic E-state index is -1.18. The van der Waals surface area contributed by atoms with Crippen molar-refractivity contribution in [1.82, 2.24) is 21.3 Å². The Morgan fingerprint density at radius 3 is 1.46 bits per heavy atom. The smallest absolute Gasteiger partial charge is 0.326 e. The van der Waals surface area contributed by atoms with Gasteiger partial charge in [-0.05, 0) is 19.3 Å². The average Bonchev–Trinajstić information content (AvgIpc) is 3.09. The summed E-state index contributed by atoms with van der Waals surface area (Å²) in [7, 11) is 0. The molecule has 4 amide bonds. The fraction of sp³-hybridized carbons (Fsp3) is 0.829. The van der Waals surface area contributed by atoms with E-state index in [4.69, 9.17) is 19.3 Å². The quantitative estimate of drug-likeness (QED) is 0.0530. The number of hydrogen-bond acceptors (Lipinski definition) is 9. The molecule has 0 fully saturated rings. The molecule has 6 N–H and O–H groups in total. The van der Waals surface area contributed by atoms with E-state index in [0.717, 1.165) is 64.2 Å². The highest BCUT2D eigenvalue weighted by atomic mass is 16.5. The van der Waals surface area contributed by atoms with E-state index < -0.39 is 18.0 Å². The molecule has 0 heterocycles. The molecule has 292 valence electrons. The maximum absolute atomic E-state index is 12.2. The number of carboxylic acid groups (broad SMARTS) is 2. The van der Waals surface area contributed by atoms with Crippen molar-refractivity contribution in [3.63, 3.8) is 0 Å². The molecule has 0 aliphatic heterocycles. The van der Waals surface area contributed by atoms with Crippen LogP contribution >= 0.6 is 0 Å². The fourth-order valence-electron chi connectivity index (χ4n) is 4.49. The molecular weight excluding hydrogens is 652 g/mol. The molecule has 0 radical (unpaired) electrons. The molecule has 0 rings (SSSR count). The minimum absolute atomic E-state index is 0.0213. The van der Waals surface area contributed by atoms with Crippen LogP contribution in [0.4, 0.5) is 0 Å². The number of hydrogen-bond donors (Lipinski definition) is 6. The zero-order chi connectivity index (χ0) is 37.7.